The maximum absolute atomic E-state index is 13.4. The zero-order valence-electron chi connectivity index (χ0n) is 23.1. The first-order chi connectivity index (χ1) is 21.2. The van der Waals surface area contributed by atoms with Crippen LogP contribution in [0.1, 0.15) is 29.7 Å². The minimum Gasteiger partial charge on any atom is -0.491 e. The van der Waals surface area contributed by atoms with Crippen LogP contribution in [0.2, 0.25) is 5.02 Å². The predicted molar refractivity (Wildman–Crippen MR) is 165 cm³/mol. The number of hydrogen-bond donors (Lipinski definition) is 1. The molecule has 0 aliphatic carbocycles. The van der Waals surface area contributed by atoms with Crippen molar-refractivity contribution in [1.29, 1.82) is 10.5 Å². The van der Waals surface area contributed by atoms with Gasteiger partial charge >= 0.3 is 6.18 Å². The molecule has 44 heavy (non-hydrogen) atoms. The van der Waals surface area contributed by atoms with Gasteiger partial charge in [0.25, 0.3) is 0 Å². The van der Waals surface area contributed by atoms with Gasteiger partial charge in [-0.05, 0) is 42.7 Å². The minimum absolute atomic E-state index is 0.0752. The molecule has 2 aromatic carbocycles. The van der Waals surface area contributed by atoms with Gasteiger partial charge in [0.05, 0.1) is 23.8 Å². The van der Waals surface area contributed by atoms with Gasteiger partial charge in [0.1, 0.15) is 45.9 Å². The lowest BCUT2D eigenvalue weighted by Gasteiger charge is -2.34. The monoisotopic (exact) mass is 655 g/mol. The average molecular weight is 656 g/mol. The summed E-state index contributed by atoms with van der Waals surface area (Å²) in [5.41, 5.74) is 2.91. The summed E-state index contributed by atoms with van der Waals surface area (Å²) in [6, 6.07) is 18.5. The zero-order chi connectivity index (χ0) is 31.3. The quantitative estimate of drug-likeness (QED) is 0.183. The lowest BCUT2D eigenvalue weighted by molar-refractivity contribution is -0.179. The van der Waals surface area contributed by atoms with Crippen LogP contribution in [0.3, 0.4) is 0 Å². The second-order valence-corrected chi connectivity index (χ2v) is 12.2. The first kappa shape index (κ1) is 31.6. The molecule has 0 saturated carbocycles. The van der Waals surface area contributed by atoms with Crippen molar-refractivity contribution in [3.05, 3.63) is 75.8 Å². The number of aliphatic hydroxyl groups is 1. The number of rotatable bonds is 9. The van der Waals surface area contributed by atoms with Crippen LogP contribution in [0, 0.1) is 28.6 Å². The standard InChI is InChI=1S/C31H25ClF3N5O2S2/c32-22-5-1-20(2-6-22)29-38-23(17-43-29)18-44-30-26(16-37)27(19-3-7-24(8-4-19)42-14-13-41)25(15-36)28(39-30)40-11-9-21(10-12-40)31(33,34)35/h1-8,17,21,41H,9-14,18H2. The Labute approximate surface area is 265 Å². The number of nitriles is 2. The molecule has 1 aliphatic rings. The fourth-order valence-electron chi connectivity index (χ4n) is 4.92. The third-order valence-corrected chi connectivity index (χ3v) is 9.33. The number of thioether (sulfide) groups is 1. The fraction of sp³-hybridized carbons (Fsp3) is 0.290. The molecule has 5 rings (SSSR count). The topological polar surface area (TPSA) is 106 Å². The molecule has 3 heterocycles. The largest absolute Gasteiger partial charge is 0.491 e. The summed E-state index contributed by atoms with van der Waals surface area (Å²) < 4.78 is 45.7. The Kier molecular flexibility index (Phi) is 9.97. The zero-order valence-corrected chi connectivity index (χ0v) is 25.5. The highest BCUT2D eigenvalue weighted by Gasteiger charge is 2.41. The summed E-state index contributed by atoms with van der Waals surface area (Å²) in [4.78, 5) is 11.2. The van der Waals surface area contributed by atoms with Crippen LogP contribution in [-0.4, -0.2) is 47.6 Å². The van der Waals surface area contributed by atoms with Gasteiger partial charge in [0, 0.05) is 40.4 Å². The first-order valence-electron chi connectivity index (χ1n) is 13.6. The Balaban J connectivity index is 1.52. The maximum Gasteiger partial charge on any atom is 0.391 e. The van der Waals surface area contributed by atoms with E-state index < -0.39 is 12.1 Å². The molecular weight excluding hydrogens is 631 g/mol. The van der Waals surface area contributed by atoms with Gasteiger partial charge in [-0.25, -0.2) is 9.97 Å². The van der Waals surface area contributed by atoms with Crippen molar-refractivity contribution in [1.82, 2.24) is 9.97 Å². The molecule has 0 amide bonds. The van der Waals surface area contributed by atoms with Crippen molar-refractivity contribution >= 4 is 40.5 Å². The fourth-order valence-corrected chi connectivity index (χ4v) is 6.86. The van der Waals surface area contributed by atoms with Crippen LogP contribution < -0.4 is 9.64 Å². The third kappa shape index (κ3) is 7.11. The Morgan fingerprint density at radius 1 is 1.00 bits per heavy atom. The Bertz CT molecular complexity index is 1690. The third-order valence-electron chi connectivity index (χ3n) is 7.13. The lowest BCUT2D eigenvalue weighted by atomic mass is 9.94. The molecule has 0 spiro atoms. The van der Waals surface area contributed by atoms with E-state index in [9.17, 15) is 23.7 Å². The van der Waals surface area contributed by atoms with Gasteiger partial charge in [-0.3, -0.25) is 0 Å². The Hall–Kier alpha value is -3.81. The Morgan fingerprint density at radius 3 is 2.27 bits per heavy atom. The summed E-state index contributed by atoms with van der Waals surface area (Å²) in [5, 5.41) is 33.4. The number of benzene rings is 2. The molecule has 0 atom stereocenters. The van der Waals surface area contributed by atoms with E-state index in [0.29, 0.717) is 32.7 Å². The summed E-state index contributed by atoms with van der Waals surface area (Å²) in [6.07, 6.45) is -4.51. The number of ether oxygens (including phenoxy) is 1. The molecule has 0 unspecified atom stereocenters. The van der Waals surface area contributed by atoms with Crippen molar-refractivity contribution < 1.29 is 23.0 Å². The van der Waals surface area contributed by atoms with E-state index in [2.05, 4.69) is 12.1 Å². The molecule has 0 bridgehead atoms. The molecule has 13 heteroatoms. The van der Waals surface area contributed by atoms with Crippen molar-refractivity contribution in [2.45, 2.75) is 29.8 Å². The van der Waals surface area contributed by atoms with E-state index in [1.807, 2.05) is 17.5 Å². The summed E-state index contributed by atoms with van der Waals surface area (Å²) in [5.74, 6) is -0.286. The van der Waals surface area contributed by atoms with Gasteiger partial charge in [0.15, 0.2) is 0 Å². The summed E-state index contributed by atoms with van der Waals surface area (Å²) in [6.45, 7) is 0.104. The highest BCUT2D eigenvalue weighted by Crippen LogP contribution is 2.41. The molecule has 1 N–H and O–H groups in total. The molecule has 0 radical (unpaired) electrons. The number of anilines is 1. The van der Waals surface area contributed by atoms with Crippen LogP contribution in [0.15, 0.2) is 58.9 Å². The number of pyridine rings is 1. The van der Waals surface area contributed by atoms with Crippen molar-refractivity contribution in [3.8, 4) is 39.6 Å². The lowest BCUT2D eigenvalue weighted by Crippen LogP contribution is -2.39. The first-order valence-corrected chi connectivity index (χ1v) is 15.8. The molecule has 1 fully saturated rings. The number of nitrogens with zero attached hydrogens (tertiary/aromatic N) is 5. The molecule has 7 nitrogen and oxygen atoms in total. The molecule has 4 aromatic rings. The molecule has 226 valence electrons. The number of aromatic nitrogens is 2. The van der Waals surface area contributed by atoms with Crippen molar-refractivity contribution in [2.24, 2.45) is 5.92 Å². The molecule has 2 aromatic heterocycles. The summed E-state index contributed by atoms with van der Waals surface area (Å²) >= 11 is 8.76. The van der Waals surface area contributed by atoms with Gasteiger partial charge in [-0.2, -0.15) is 23.7 Å². The number of halogens is 4. The maximum atomic E-state index is 13.4. The van der Waals surface area contributed by atoms with Crippen molar-refractivity contribution in [3.63, 3.8) is 0 Å². The van der Waals surface area contributed by atoms with Gasteiger partial charge in [-0.1, -0.05) is 47.6 Å². The van der Waals surface area contributed by atoms with Gasteiger partial charge in [0.2, 0.25) is 0 Å². The second kappa shape index (κ2) is 13.9. The molecule has 1 saturated heterocycles. The van der Waals surface area contributed by atoms with Crippen LogP contribution in [0.5, 0.6) is 5.75 Å². The number of hydrogen-bond acceptors (Lipinski definition) is 9. The number of piperidine rings is 1. The minimum atomic E-state index is -4.29. The Morgan fingerprint density at radius 2 is 1.66 bits per heavy atom. The van der Waals surface area contributed by atoms with Gasteiger partial charge in [-0.15, -0.1) is 11.3 Å². The predicted octanol–water partition coefficient (Wildman–Crippen LogP) is 7.71. The highest BCUT2D eigenvalue weighted by atomic mass is 35.5. The molecule has 1 aliphatic heterocycles. The number of aliphatic hydroxyl groups excluding tert-OH is 1. The SMILES string of the molecule is N#Cc1c(SCc2csc(-c3ccc(Cl)cc3)n2)nc(N2CCC(C(F)(F)F)CC2)c(C#N)c1-c1ccc(OCCO)cc1. The van der Waals surface area contributed by atoms with Crippen LogP contribution in [-0.2, 0) is 5.75 Å². The van der Waals surface area contributed by atoms with Crippen molar-refractivity contribution in [2.75, 3.05) is 31.2 Å². The van der Waals surface area contributed by atoms with Gasteiger partial charge < -0.3 is 14.7 Å². The summed E-state index contributed by atoms with van der Waals surface area (Å²) in [7, 11) is 0. The highest BCUT2D eigenvalue weighted by molar-refractivity contribution is 7.98. The smallest absolute Gasteiger partial charge is 0.391 e. The second-order valence-electron chi connectivity index (χ2n) is 9.93. The average Bonchev–Trinajstić information content (AvgIpc) is 3.51. The van der Waals surface area contributed by atoms with Crippen LogP contribution >= 0.6 is 34.7 Å². The van der Waals surface area contributed by atoms with E-state index in [-0.39, 0.29) is 56.1 Å². The van der Waals surface area contributed by atoms with Crippen LogP contribution in [0.4, 0.5) is 19.0 Å². The van der Waals surface area contributed by atoms with Crippen LogP contribution in [0.25, 0.3) is 21.7 Å². The van der Waals surface area contributed by atoms with E-state index in [1.54, 1.807) is 41.3 Å². The van der Waals surface area contributed by atoms with E-state index >= 15 is 0 Å². The normalized spacial score (nSPS) is 13.8. The number of alkyl halides is 3. The van der Waals surface area contributed by atoms with E-state index in [0.717, 1.165) is 16.3 Å². The number of thiazole rings is 1. The van der Waals surface area contributed by atoms with E-state index in [4.69, 9.17) is 31.4 Å². The molecular formula is C31H25ClF3N5O2S2. The van der Waals surface area contributed by atoms with E-state index in [1.165, 1.54) is 23.1 Å².